The van der Waals surface area contributed by atoms with Gasteiger partial charge in [0.15, 0.2) is 5.69 Å². The van der Waals surface area contributed by atoms with Crippen LogP contribution in [0.15, 0.2) is 18.2 Å². The van der Waals surface area contributed by atoms with Crippen molar-refractivity contribution >= 4 is 5.91 Å². The Kier molecular flexibility index (Phi) is 4.17. The summed E-state index contributed by atoms with van der Waals surface area (Å²) in [4.78, 5) is 14.5. The van der Waals surface area contributed by atoms with Gasteiger partial charge in [-0.05, 0) is 51.4 Å². The van der Waals surface area contributed by atoms with E-state index in [9.17, 15) is 4.79 Å². The first-order valence-electron chi connectivity index (χ1n) is 8.00. The maximum absolute atomic E-state index is 12.2. The molecule has 2 aromatic rings. The molecule has 1 aromatic carbocycles. The molecule has 0 radical (unpaired) electrons. The van der Waals surface area contributed by atoms with Crippen LogP contribution in [0.2, 0.25) is 0 Å². The molecule has 0 saturated carbocycles. The van der Waals surface area contributed by atoms with Crippen LogP contribution in [-0.2, 0) is 13.0 Å². The second-order valence-corrected chi connectivity index (χ2v) is 6.47. The highest BCUT2D eigenvalue weighted by molar-refractivity contribution is 5.93. The average Bonchev–Trinajstić information content (AvgIpc) is 2.87. The van der Waals surface area contributed by atoms with E-state index in [4.69, 9.17) is 0 Å². The van der Waals surface area contributed by atoms with Crippen molar-refractivity contribution in [3.05, 3.63) is 40.7 Å². The van der Waals surface area contributed by atoms with Crippen LogP contribution in [0.5, 0.6) is 0 Å². The monoisotopic (exact) mass is 313 g/mol. The Morgan fingerprint density at radius 1 is 1.35 bits per heavy atom. The van der Waals surface area contributed by atoms with Crippen molar-refractivity contribution in [3.63, 3.8) is 0 Å². The first-order chi connectivity index (χ1) is 11.0. The van der Waals surface area contributed by atoms with Gasteiger partial charge in [0, 0.05) is 19.1 Å². The summed E-state index contributed by atoms with van der Waals surface area (Å²) in [5, 5.41) is 11.2. The third-order valence-corrected chi connectivity index (χ3v) is 4.19. The van der Waals surface area contributed by atoms with Crippen LogP contribution in [0.4, 0.5) is 0 Å². The quantitative estimate of drug-likeness (QED) is 0.937. The molecule has 6 nitrogen and oxygen atoms in total. The molecule has 23 heavy (non-hydrogen) atoms. The summed E-state index contributed by atoms with van der Waals surface area (Å²) in [6, 6.07) is 6.33. The molecule has 1 amide bonds. The molecule has 0 fully saturated rings. The predicted molar refractivity (Wildman–Crippen MR) is 88.7 cm³/mol. The molecule has 0 saturated heterocycles. The Morgan fingerprint density at radius 2 is 2.13 bits per heavy atom. The first kappa shape index (κ1) is 15.7. The summed E-state index contributed by atoms with van der Waals surface area (Å²) in [5.41, 5.74) is 4.82. The number of aromatic nitrogens is 3. The SMILES string of the molecule is Cc1c(C(=O)NC(C)C)nnn1-c1cccc2c1CCN(C)C2. The van der Waals surface area contributed by atoms with E-state index in [-0.39, 0.29) is 11.9 Å². The third kappa shape index (κ3) is 2.99. The van der Waals surface area contributed by atoms with Crippen LogP contribution < -0.4 is 5.32 Å². The van der Waals surface area contributed by atoms with E-state index in [0.717, 1.165) is 30.9 Å². The van der Waals surface area contributed by atoms with E-state index in [0.29, 0.717) is 5.69 Å². The maximum Gasteiger partial charge on any atom is 0.273 e. The van der Waals surface area contributed by atoms with Crippen molar-refractivity contribution in [1.82, 2.24) is 25.2 Å². The van der Waals surface area contributed by atoms with Gasteiger partial charge in [-0.2, -0.15) is 0 Å². The number of carbonyl (C=O) groups is 1. The lowest BCUT2D eigenvalue weighted by molar-refractivity contribution is 0.0937. The van der Waals surface area contributed by atoms with Gasteiger partial charge in [0.05, 0.1) is 11.4 Å². The van der Waals surface area contributed by atoms with Crippen LogP contribution in [0.25, 0.3) is 5.69 Å². The van der Waals surface area contributed by atoms with Gasteiger partial charge in [-0.3, -0.25) is 4.79 Å². The van der Waals surface area contributed by atoms with E-state index in [1.165, 1.54) is 11.1 Å². The minimum absolute atomic E-state index is 0.0760. The normalized spacial score (nSPS) is 14.8. The number of hydrogen-bond acceptors (Lipinski definition) is 4. The van der Waals surface area contributed by atoms with Crippen LogP contribution in [-0.4, -0.2) is 45.4 Å². The zero-order valence-electron chi connectivity index (χ0n) is 14.1. The van der Waals surface area contributed by atoms with Crippen molar-refractivity contribution in [2.75, 3.05) is 13.6 Å². The van der Waals surface area contributed by atoms with Gasteiger partial charge in [-0.15, -0.1) is 5.10 Å². The maximum atomic E-state index is 12.2. The number of nitrogens with one attached hydrogen (secondary N) is 1. The summed E-state index contributed by atoms with van der Waals surface area (Å²) in [7, 11) is 2.13. The van der Waals surface area contributed by atoms with Crippen molar-refractivity contribution in [2.45, 2.75) is 39.8 Å². The molecule has 0 aliphatic carbocycles. The molecular weight excluding hydrogens is 290 g/mol. The zero-order chi connectivity index (χ0) is 16.6. The zero-order valence-corrected chi connectivity index (χ0v) is 14.1. The minimum Gasteiger partial charge on any atom is -0.348 e. The van der Waals surface area contributed by atoms with Crippen LogP contribution in [0.3, 0.4) is 0 Å². The standard InChI is InChI=1S/C17H23N5O/c1-11(2)18-17(23)16-12(3)22(20-19-16)15-7-5-6-13-10-21(4)9-8-14(13)15/h5-7,11H,8-10H2,1-4H3,(H,18,23). The van der Waals surface area contributed by atoms with E-state index in [2.05, 4.69) is 39.7 Å². The number of benzene rings is 1. The fraction of sp³-hybridized carbons (Fsp3) is 0.471. The molecule has 0 spiro atoms. The van der Waals surface area contributed by atoms with Gasteiger partial charge in [-0.1, -0.05) is 17.3 Å². The van der Waals surface area contributed by atoms with Gasteiger partial charge in [0.1, 0.15) is 0 Å². The van der Waals surface area contributed by atoms with Crippen LogP contribution >= 0.6 is 0 Å². The van der Waals surface area contributed by atoms with E-state index < -0.39 is 0 Å². The number of likely N-dealkylation sites (N-methyl/N-ethyl adjacent to an activating group) is 1. The molecule has 2 heterocycles. The van der Waals surface area contributed by atoms with E-state index >= 15 is 0 Å². The highest BCUT2D eigenvalue weighted by Crippen LogP contribution is 2.25. The Balaban J connectivity index is 1.99. The molecule has 1 aliphatic heterocycles. The number of rotatable bonds is 3. The first-order valence-corrected chi connectivity index (χ1v) is 8.00. The molecule has 1 aliphatic rings. The molecule has 0 atom stereocenters. The van der Waals surface area contributed by atoms with Gasteiger partial charge < -0.3 is 10.2 Å². The lowest BCUT2D eigenvalue weighted by Crippen LogP contribution is -2.31. The molecule has 0 bridgehead atoms. The molecule has 6 heteroatoms. The van der Waals surface area contributed by atoms with E-state index in [1.54, 1.807) is 4.68 Å². The topological polar surface area (TPSA) is 63.1 Å². The lowest BCUT2D eigenvalue weighted by Gasteiger charge is -2.26. The van der Waals surface area contributed by atoms with Crippen molar-refractivity contribution in [3.8, 4) is 5.69 Å². The Morgan fingerprint density at radius 3 is 2.87 bits per heavy atom. The van der Waals surface area contributed by atoms with Crippen LogP contribution in [0.1, 0.15) is 41.2 Å². The summed E-state index contributed by atoms with van der Waals surface area (Å²) in [6.45, 7) is 7.73. The number of fused-ring (bicyclic) bond motifs is 1. The third-order valence-electron chi connectivity index (χ3n) is 4.19. The second kappa shape index (κ2) is 6.12. The lowest BCUT2D eigenvalue weighted by atomic mass is 9.98. The van der Waals surface area contributed by atoms with Gasteiger partial charge >= 0.3 is 0 Å². The summed E-state index contributed by atoms with van der Waals surface area (Å²) in [5.74, 6) is -0.173. The molecule has 1 N–H and O–H groups in total. The summed E-state index contributed by atoms with van der Waals surface area (Å²) >= 11 is 0. The van der Waals surface area contributed by atoms with E-state index in [1.807, 2.05) is 26.8 Å². The average molecular weight is 313 g/mol. The van der Waals surface area contributed by atoms with Gasteiger partial charge in [0.2, 0.25) is 0 Å². The Bertz CT molecular complexity index is 735. The molecular formula is C17H23N5O. The highest BCUT2D eigenvalue weighted by Gasteiger charge is 2.22. The van der Waals surface area contributed by atoms with Gasteiger partial charge in [-0.25, -0.2) is 4.68 Å². The van der Waals surface area contributed by atoms with Crippen molar-refractivity contribution in [1.29, 1.82) is 0 Å². The van der Waals surface area contributed by atoms with Crippen LogP contribution in [0, 0.1) is 6.92 Å². The predicted octanol–water partition coefficient (Wildman–Crippen LogP) is 1.70. The number of amides is 1. The van der Waals surface area contributed by atoms with Crippen molar-refractivity contribution < 1.29 is 4.79 Å². The Hall–Kier alpha value is -2.21. The van der Waals surface area contributed by atoms with Gasteiger partial charge in [0.25, 0.3) is 5.91 Å². The smallest absolute Gasteiger partial charge is 0.273 e. The van der Waals surface area contributed by atoms with Crippen molar-refractivity contribution in [2.24, 2.45) is 0 Å². The fourth-order valence-corrected chi connectivity index (χ4v) is 3.03. The number of hydrogen-bond donors (Lipinski definition) is 1. The molecule has 0 unspecified atom stereocenters. The molecule has 122 valence electrons. The number of nitrogens with zero attached hydrogens (tertiary/aromatic N) is 4. The number of carbonyl (C=O) groups excluding carboxylic acids is 1. The summed E-state index contributed by atoms with van der Waals surface area (Å²) in [6.07, 6.45) is 0.981. The molecule has 1 aromatic heterocycles. The second-order valence-electron chi connectivity index (χ2n) is 6.47. The fourth-order valence-electron chi connectivity index (χ4n) is 3.03. The highest BCUT2D eigenvalue weighted by atomic mass is 16.2. The minimum atomic E-state index is -0.173. The Labute approximate surface area is 136 Å². The molecule has 3 rings (SSSR count). The largest absolute Gasteiger partial charge is 0.348 e. The summed E-state index contributed by atoms with van der Waals surface area (Å²) < 4.78 is 1.79.